The van der Waals surface area contributed by atoms with Crippen molar-refractivity contribution in [1.82, 2.24) is 9.62 Å². The Morgan fingerprint density at radius 1 is 1.27 bits per heavy atom. The Morgan fingerprint density at radius 2 is 1.96 bits per heavy atom. The first-order valence-corrected chi connectivity index (χ1v) is 9.81. The average Bonchev–Trinajstić information content (AvgIpc) is 3.16. The lowest BCUT2D eigenvalue weighted by atomic mass is 10.1. The third-order valence-electron chi connectivity index (χ3n) is 4.07. The van der Waals surface area contributed by atoms with Crippen molar-refractivity contribution in [3.05, 3.63) is 47.9 Å². The van der Waals surface area contributed by atoms with Gasteiger partial charge in [-0.05, 0) is 37.3 Å². The molecule has 1 aromatic heterocycles. The van der Waals surface area contributed by atoms with Crippen LogP contribution in [0.5, 0.6) is 5.75 Å². The summed E-state index contributed by atoms with van der Waals surface area (Å²) in [5.41, 5.74) is 0.231. The largest absolute Gasteiger partial charge is 0.495 e. The van der Waals surface area contributed by atoms with Crippen LogP contribution in [-0.2, 0) is 10.0 Å². The van der Waals surface area contributed by atoms with Crippen molar-refractivity contribution in [2.24, 2.45) is 0 Å². The number of rotatable bonds is 8. The molecular weight excluding hydrogens is 356 g/mol. The summed E-state index contributed by atoms with van der Waals surface area (Å²) in [7, 11) is -2.36. The number of nitrogens with one attached hydrogen (secondary N) is 1. The van der Waals surface area contributed by atoms with Crippen LogP contribution in [-0.4, -0.2) is 38.8 Å². The lowest BCUT2D eigenvalue weighted by Gasteiger charge is -2.20. The lowest BCUT2D eigenvalue weighted by Crippen LogP contribution is -2.31. The highest BCUT2D eigenvalue weighted by atomic mass is 32.2. The second-order valence-corrected chi connectivity index (χ2v) is 7.57. The molecule has 8 heteroatoms. The van der Waals surface area contributed by atoms with Gasteiger partial charge in [-0.1, -0.05) is 13.8 Å². The van der Waals surface area contributed by atoms with Crippen molar-refractivity contribution in [2.75, 3.05) is 20.2 Å². The maximum Gasteiger partial charge on any atom is 0.251 e. The Balaban J connectivity index is 2.35. The number of sulfonamides is 1. The molecule has 1 N–H and O–H groups in total. The summed E-state index contributed by atoms with van der Waals surface area (Å²) in [4.78, 5) is 12.5. The highest BCUT2D eigenvalue weighted by Crippen LogP contribution is 2.28. The third kappa shape index (κ3) is 4.08. The first kappa shape index (κ1) is 20.0. The minimum Gasteiger partial charge on any atom is -0.495 e. The molecule has 0 fully saturated rings. The van der Waals surface area contributed by atoms with Gasteiger partial charge in [-0.25, -0.2) is 8.42 Å². The van der Waals surface area contributed by atoms with Crippen LogP contribution in [0.25, 0.3) is 0 Å². The van der Waals surface area contributed by atoms with E-state index in [4.69, 9.17) is 9.15 Å². The topological polar surface area (TPSA) is 88.9 Å². The molecule has 1 atom stereocenters. The summed E-state index contributed by atoms with van der Waals surface area (Å²) in [5, 5.41) is 2.79. The van der Waals surface area contributed by atoms with Gasteiger partial charge in [0.2, 0.25) is 10.0 Å². The fraction of sp³-hybridized carbons (Fsp3) is 0.389. The predicted octanol–water partition coefficient (Wildman–Crippen LogP) is 2.81. The van der Waals surface area contributed by atoms with E-state index in [-0.39, 0.29) is 22.3 Å². The van der Waals surface area contributed by atoms with Crippen LogP contribution in [0.15, 0.2) is 45.9 Å². The second kappa shape index (κ2) is 8.37. The van der Waals surface area contributed by atoms with Crippen LogP contribution in [0, 0.1) is 0 Å². The minimum absolute atomic E-state index is 0.0259. The zero-order valence-corrected chi connectivity index (χ0v) is 16.2. The Bertz CT molecular complexity index is 842. The Labute approximate surface area is 154 Å². The molecule has 142 valence electrons. The van der Waals surface area contributed by atoms with Crippen LogP contribution in [0.4, 0.5) is 0 Å². The van der Waals surface area contributed by atoms with Crippen molar-refractivity contribution in [3.63, 3.8) is 0 Å². The summed E-state index contributed by atoms with van der Waals surface area (Å²) in [5.74, 6) is 0.419. The minimum atomic E-state index is -3.76. The van der Waals surface area contributed by atoms with E-state index in [1.54, 1.807) is 32.9 Å². The van der Waals surface area contributed by atoms with Crippen molar-refractivity contribution < 1.29 is 22.4 Å². The molecule has 1 amide bonds. The molecule has 2 aromatic rings. The van der Waals surface area contributed by atoms with Crippen molar-refractivity contribution in [1.29, 1.82) is 0 Å². The lowest BCUT2D eigenvalue weighted by molar-refractivity contribution is 0.0935. The molecular formula is C18H24N2O5S. The number of carbonyl (C=O) groups is 1. The molecule has 0 aliphatic carbocycles. The normalized spacial score (nSPS) is 12.8. The summed E-state index contributed by atoms with van der Waals surface area (Å²) in [6.07, 6.45) is 1.53. The Hall–Kier alpha value is -2.32. The van der Waals surface area contributed by atoms with E-state index >= 15 is 0 Å². The third-order valence-corrected chi connectivity index (χ3v) is 6.14. The molecule has 1 heterocycles. The van der Waals surface area contributed by atoms with Gasteiger partial charge in [0.25, 0.3) is 5.91 Å². The number of methoxy groups -OCH3 is 1. The van der Waals surface area contributed by atoms with Crippen LogP contribution in [0.1, 0.15) is 42.9 Å². The molecule has 1 aromatic carbocycles. The molecule has 26 heavy (non-hydrogen) atoms. The Morgan fingerprint density at radius 3 is 2.50 bits per heavy atom. The average molecular weight is 380 g/mol. The summed E-state index contributed by atoms with van der Waals surface area (Å²) in [6, 6.07) is 7.52. The molecule has 7 nitrogen and oxygen atoms in total. The van der Waals surface area contributed by atoms with Gasteiger partial charge < -0.3 is 14.5 Å². The van der Waals surface area contributed by atoms with Crippen molar-refractivity contribution >= 4 is 15.9 Å². The number of ether oxygens (including phenoxy) is 1. The zero-order valence-electron chi connectivity index (χ0n) is 15.4. The quantitative estimate of drug-likeness (QED) is 0.761. The van der Waals surface area contributed by atoms with E-state index in [0.29, 0.717) is 18.8 Å². The number of benzene rings is 1. The van der Waals surface area contributed by atoms with E-state index in [9.17, 15) is 13.2 Å². The summed E-state index contributed by atoms with van der Waals surface area (Å²) in [6.45, 7) is 5.96. The monoisotopic (exact) mass is 380 g/mol. The summed E-state index contributed by atoms with van der Waals surface area (Å²) < 4.78 is 37.5. The smallest absolute Gasteiger partial charge is 0.251 e. The van der Waals surface area contributed by atoms with Gasteiger partial charge in [0.05, 0.1) is 19.4 Å². The molecule has 0 spiro atoms. The highest BCUT2D eigenvalue weighted by Gasteiger charge is 2.27. The standard InChI is InChI=1S/C18H24N2O5S/c1-5-20(6-2)26(22,23)17-12-14(9-10-16(17)24-4)18(21)19-13(3)15-8-7-11-25-15/h7-13H,5-6H2,1-4H3,(H,19,21). The van der Waals surface area contributed by atoms with Crippen molar-refractivity contribution in [2.45, 2.75) is 31.7 Å². The number of hydrogen-bond acceptors (Lipinski definition) is 5. The summed E-state index contributed by atoms with van der Waals surface area (Å²) >= 11 is 0. The van der Waals surface area contributed by atoms with Gasteiger partial charge in [0, 0.05) is 18.7 Å². The molecule has 0 bridgehead atoms. The fourth-order valence-electron chi connectivity index (χ4n) is 2.61. The van der Waals surface area contributed by atoms with E-state index in [1.165, 1.54) is 35.9 Å². The highest BCUT2D eigenvalue weighted by molar-refractivity contribution is 7.89. The van der Waals surface area contributed by atoms with Crippen LogP contribution in [0.2, 0.25) is 0 Å². The van der Waals surface area contributed by atoms with Crippen molar-refractivity contribution in [3.8, 4) is 5.75 Å². The van der Waals surface area contributed by atoms with Crippen LogP contribution < -0.4 is 10.1 Å². The predicted molar refractivity (Wildman–Crippen MR) is 97.7 cm³/mol. The van der Waals surface area contributed by atoms with Gasteiger partial charge in [-0.3, -0.25) is 4.79 Å². The number of furan rings is 1. The van der Waals surface area contributed by atoms with E-state index in [0.717, 1.165) is 0 Å². The van der Waals surface area contributed by atoms with Gasteiger partial charge in [-0.2, -0.15) is 4.31 Å². The van der Waals surface area contributed by atoms with E-state index in [2.05, 4.69) is 5.32 Å². The Kier molecular flexibility index (Phi) is 6.44. The molecule has 0 saturated carbocycles. The first-order valence-electron chi connectivity index (χ1n) is 8.37. The van der Waals surface area contributed by atoms with Gasteiger partial charge in [0.1, 0.15) is 16.4 Å². The number of carbonyl (C=O) groups excluding carboxylic acids is 1. The maximum absolute atomic E-state index is 12.9. The molecule has 1 unspecified atom stereocenters. The molecule has 0 aliphatic rings. The van der Waals surface area contributed by atoms with Gasteiger partial charge in [0.15, 0.2) is 0 Å². The fourth-order valence-corrected chi connectivity index (χ4v) is 4.25. The number of amides is 1. The molecule has 0 aliphatic heterocycles. The maximum atomic E-state index is 12.9. The molecule has 2 rings (SSSR count). The van der Waals surface area contributed by atoms with Crippen LogP contribution in [0.3, 0.4) is 0 Å². The van der Waals surface area contributed by atoms with Crippen LogP contribution >= 0.6 is 0 Å². The van der Waals surface area contributed by atoms with Gasteiger partial charge >= 0.3 is 0 Å². The number of hydrogen-bond donors (Lipinski definition) is 1. The SMILES string of the molecule is CCN(CC)S(=O)(=O)c1cc(C(=O)NC(C)c2ccco2)ccc1OC. The number of nitrogens with zero attached hydrogens (tertiary/aromatic N) is 1. The van der Waals surface area contributed by atoms with E-state index in [1.807, 2.05) is 0 Å². The molecule has 0 saturated heterocycles. The van der Waals surface area contributed by atoms with Gasteiger partial charge in [-0.15, -0.1) is 0 Å². The zero-order chi connectivity index (χ0) is 19.3. The molecule has 0 radical (unpaired) electrons. The second-order valence-electron chi connectivity index (χ2n) is 5.67. The first-order chi connectivity index (χ1) is 12.3. The van der Waals surface area contributed by atoms with E-state index < -0.39 is 15.9 Å².